The summed E-state index contributed by atoms with van der Waals surface area (Å²) < 4.78 is 26.4. The highest BCUT2D eigenvalue weighted by Gasteiger charge is 2.27. The number of carbonyl (C=O) groups is 1. The lowest BCUT2D eigenvalue weighted by Crippen LogP contribution is -2.23. The molecule has 2 heterocycles. The molecule has 0 saturated carbocycles. The van der Waals surface area contributed by atoms with Gasteiger partial charge in [0.1, 0.15) is 16.1 Å². The quantitative estimate of drug-likeness (QED) is 0.620. The maximum Gasteiger partial charge on any atom is 0.265 e. The van der Waals surface area contributed by atoms with E-state index in [-0.39, 0.29) is 11.4 Å². The summed E-state index contributed by atoms with van der Waals surface area (Å²) in [5.74, 6) is -2.90. The Morgan fingerprint density at radius 2 is 2.11 bits per heavy atom. The molecular weight excluding hydrogens is 374 g/mol. The van der Waals surface area contributed by atoms with Crippen LogP contribution in [-0.4, -0.2) is 16.0 Å². The lowest BCUT2D eigenvalue weighted by Gasteiger charge is -2.18. The van der Waals surface area contributed by atoms with Crippen molar-refractivity contribution in [2.45, 2.75) is 26.2 Å². The van der Waals surface area contributed by atoms with Crippen molar-refractivity contribution in [2.75, 3.05) is 5.32 Å². The van der Waals surface area contributed by atoms with E-state index >= 15 is 0 Å². The first kappa shape index (κ1) is 17.7. The van der Waals surface area contributed by atoms with Gasteiger partial charge in [0, 0.05) is 16.6 Å². The Morgan fingerprint density at radius 3 is 2.85 bits per heavy atom. The zero-order chi connectivity index (χ0) is 19.3. The maximum absolute atomic E-state index is 13.3. The molecule has 3 N–H and O–H groups in total. The predicted octanol–water partition coefficient (Wildman–Crippen LogP) is 3.95. The van der Waals surface area contributed by atoms with Gasteiger partial charge < -0.3 is 15.4 Å². The number of hydrogen-bond acceptors (Lipinski definition) is 4. The van der Waals surface area contributed by atoms with Gasteiger partial charge in [-0.2, -0.15) is 0 Å². The van der Waals surface area contributed by atoms with Crippen LogP contribution >= 0.6 is 11.3 Å². The third-order valence-corrected chi connectivity index (χ3v) is 6.01. The standard InChI is InChI=1S/C19H16F2N2O3S/c1-8-2-4-10-13(6-8)27-19-14(10)16(24)15(18(26)23-19)17(25)22-9-3-5-11(20)12(21)7-9/h3,5,7-8H,2,4,6H2,1H3,(H,22,25)(H2,23,24,26)/t8-/m0/s1. The Kier molecular flexibility index (Phi) is 4.22. The minimum atomic E-state index is -1.12. The van der Waals surface area contributed by atoms with Crippen molar-refractivity contribution >= 4 is 33.1 Å². The molecule has 140 valence electrons. The second kappa shape index (κ2) is 6.45. The third kappa shape index (κ3) is 2.99. The smallest absolute Gasteiger partial charge is 0.265 e. The molecule has 8 heteroatoms. The van der Waals surface area contributed by atoms with Gasteiger partial charge in [-0.15, -0.1) is 11.3 Å². The summed E-state index contributed by atoms with van der Waals surface area (Å²) in [4.78, 5) is 29.2. The Balaban J connectivity index is 1.78. The van der Waals surface area contributed by atoms with Crippen molar-refractivity contribution in [1.29, 1.82) is 0 Å². The summed E-state index contributed by atoms with van der Waals surface area (Å²) in [6, 6.07) is 2.85. The highest BCUT2D eigenvalue weighted by atomic mass is 32.1. The number of amides is 1. The van der Waals surface area contributed by atoms with Crippen molar-refractivity contribution < 1.29 is 18.7 Å². The monoisotopic (exact) mass is 390 g/mol. The Labute approximate surface area is 156 Å². The number of aromatic amines is 1. The number of fused-ring (bicyclic) bond motifs is 3. The van der Waals surface area contributed by atoms with Gasteiger partial charge in [-0.05, 0) is 42.9 Å². The summed E-state index contributed by atoms with van der Waals surface area (Å²) in [5, 5.41) is 13.5. The Bertz CT molecular complexity index is 1140. The molecule has 0 spiro atoms. The summed E-state index contributed by atoms with van der Waals surface area (Å²) in [6.07, 6.45) is 2.60. The number of rotatable bonds is 2. The number of thiophene rings is 1. The summed E-state index contributed by atoms with van der Waals surface area (Å²) in [7, 11) is 0. The fraction of sp³-hybridized carbons (Fsp3) is 0.263. The van der Waals surface area contributed by atoms with Crippen LogP contribution in [0.25, 0.3) is 10.2 Å². The van der Waals surface area contributed by atoms with Gasteiger partial charge in [-0.3, -0.25) is 9.59 Å². The second-order valence-electron chi connectivity index (χ2n) is 6.82. The highest BCUT2D eigenvalue weighted by Crippen LogP contribution is 2.41. The van der Waals surface area contributed by atoms with E-state index in [9.17, 15) is 23.5 Å². The number of aromatic hydroxyl groups is 1. The fourth-order valence-electron chi connectivity index (χ4n) is 3.47. The molecule has 0 bridgehead atoms. The molecule has 0 saturated heterocycles. The number of hydrogen-bond donors (Lipinski definition) is 3. The molecule has 0 fully saturated rings. The molecular formula is C19H16F2N2O3S. The molecule has 1 aromatic carbocycles. The van der Waals surface area contributed by atoms with E-state index in [0.29, 0.717) is 16.1 Å². The average Bonchev–Trinajstić information content (AvgIpc) is 2.95. The van der Waals surface area contributed by atoms with Gasteiger partial charge in [0.25, 0.3) is 11.5 Å². The van der Waals surface area contributed by atoms with Crippen LogP contribution in [0.1, 0.15) is 34.1 Å². The largest absolute Gasteiger partial charge is 0.506 e. The van der Waals surface area contributed by atoms with Gasteiger partial charge in [0.2, 0.25) is 0 Å². The number of benzene rings is 1. The fourth-order valence-corrected chi connectivity index (χ4v) is 4.87. The van der Waals surface area contributed by atoms with Crippen LogP contribution in [-0.2, 0) is 12.8 Å². The Hall–Kier alpha value is -2.74. The lowest BCUT2D eigenvalue weighted by molar-refractivity contribution is 0.102. The topological polar surface area (TPSA) is 82.2 Å². The average molecular weight is 390 g/mol. The second-order valence-corrected chi connectivity index (χ2v) is 7.92. The first-order valence-electron chi connectivity index (χ1n) is 8.51. The number of halogens is 2. The van der Waals surface area contributed by atoms with E-state index in [2.05, 4.69) is 17.2 Å². The van der Waals surface area contributed by atoms with Gasteiger partial charge in [0.05, 0.1) is 5.39 Å². The summed E-state index contributed by atoms with van der Waals surface area (Å²) >= 11 is 1.42. The summed E-state index contributed by atoms with van der Waals surface area (Å²) in [6.45, 7) is 2.15. The molecule has 1 aliphatic rings. The van der Waals surface area contributed by atoms with E-state index in [4.69, 9.17) is 0 Å². The van der Waals surface area contributed by atoms with Crippen molar-refractivity contribution in [3.63, 3.8) is 0 Å². The number of nitrogens with one attached hydrogen (secondary N) is 2. The first-order valence-corrected chi connectivity index (χ1v) is 9.32. The molecule has 0 radical (unpaired) electrons. The van der Waals surface area contributed by atoms with Crippen molar-refractivity contribution in [2.24, 2.45) is 5.92 Å². The maximum atomic E-state index is 13.3. The minimum Gasteiger partial charge on any atom is -0.506 e. The van der Waals surface area contributed by atoms with Gasteiger partial charge in [-0.25, -0.2) is 8.78 Å². The van der Waals surface area contributed by atoms with Crippen LogP contribution in [0.5, 0.6) is 5.75 Å². The number of aryl methyl sites for hydroxylation is 1. The van der Waals surface area contributed by atoms with E-state index in [1.165, 1.54) is 17.4 Å². The molecule has 5 nitrogen and oxygen atoms in total. The van der Waals surface area contributed by atoms with Crippen LogP contribution in [0.4, 0.5) is 14.5 Å². The van der Waals surface area contributed by atoms with E-state index in [1.807, 2.05) is 0 Å². The molecule has 1 aliphatic carbocycles. The van der Waals surface area contributed by atoms with E-state index in [1.54, 1.807) is 0 Å². The zero-order valence-electron chi connectivity index (χ0n) is 14.4. The van der Waals surface area contributed by atoms with E-state index in [0.717, 1.165) is 41.8 Å². The van der Waals surface area contributed by atoms with Gasteiger partial charge >= 0.3 is 0 Å². The van der Waals surface area contributed by atoms with Crippen molar-refractivity contribution in [1.82, 2.24) is 4.98 Å². The number of pyridine rings is 1. The normalized spacial score (nSPS) is 16.3. The predicted molar refractivity (Wildman–Crippen MR) is 99.6 cm³/mol. The van der Waals surface area contributed by atoms with Gasteiger partial charge in [0.15, 0.2) is 11.6 Å². The SMILES string of the molecule is C[C@H]1CCc2c(sc3[nH]c(=O)c(C(=O)Nc4ccc(F)c(F)c4)c(O)c23)C1. The lowest BCUT2D eigenvalue weighted by atomic mass is 9.89. The molecule has 1 atom stereocenters. The molecule has 2 aromatic heterocycles. The van der Waals surface area contributed by atoms with Crippen molar-refractivity contribution in [3.8, 4) is 5.75 Å². The van der Waals surface area contributed by atoms with Crippen LogP contribution in [0.2, 0.25) is 0 Å². The third-order valence-electron chi connectivity index (χ3n) is 4.84. The summed E-state index contributed by atoms with van der Waals surface area (Å²) in [5.41, 5.74) is -0.221. The number of carbonyl (C=O) groups excluding carboxylic acids is 1. The van der Waals surface area contributed by atoms with Crippen LogP contribution in [0.15, 0.2) is 23.0 Å². The molecule has 4 rings (SSSR count). The van der Waals surface area contributed by atoms with Gasteiger partial charge in [-0.1, -0.05) is 6.92 Å². The highest BCUT2D eigenvalue weighted by molar-refractivity contribution is 7.18. The zero-order valence-corrected chi connectivity index (χ0v) is 15.2. The van der Waals surface area contributed by atoms with Crippen molar-refractivity contribution in [3.05, 3.63) is 56.2 Å². The first-order chi connectivity index (χ1) is 12.8. The Morgan fingerprint density at radius 1 is 1.33 bits per heavy atom. The number of aromatic nitrogens is 1. The van der Waals surface area contributed by atoms with Crippen LogP contribution < -0.4 is 10.9 Å². The molecule has 0 unspecified atom stereocenters. The molecule has 0 aliphatic heterocycles. The van der Waals surface area contributed by atoms with E-state index < -0.39 is 28.7 Å². The number of H-pyrrole nitrogens is 1. The molecule has 1 amide bonds. The van der Waals surface area contributed by atoms with Crippen LogP contribution in [0, 0.1) is 17.6 Å². The molecule has 3 aromatic rings. The number of anilines is 1. The molecule has 27 heavy (non-hydrogen) atoms. The van der Waals surface area contributed by atoms with Crippen LogP contribution in [0.3, 0.4) is 0 Å². The minimum absolute atomic E-state index is 0.0148.